The third kappa shape index (κ3) is 4.28. The summed E-state index contributed by atoms with van der Waals surface area (Å²) in [6.07, 6.45) is 2.22. The first kappa shape index (κ1) is 20.2. The van der Waals surface area contributed by atoms with E-state index in [9.17, 15) is 9.59 Å². The van der Waals surface area contributed by atoms with Crippen molar-refractivity contribution in [2.75, 3.05) is 0 Å². The molecule has 1 N–H and O–H groups in total. The molecule has 154 valence electrons. The summed E-state index contributed by atoms with van der Waals surface area (Å²) in [7, 11) is 0. The van der Waals surface area contributed by atoms with Crippen LogP contribution in [0.5, 0.6) is 0 Å². The predicted molar refractivity (Wildman–Crippen MR) is 118 cm³/mol. The van der Waals surface area contributed by atoms with Crippen LogP contribution in [-0.4, -0.2) is 21.8 Å². The molecule has 1 unspecified atom stereocenters. The summed E-state index contributed by atoms with van der Waals surface area (Å²) in [5.74, 6) is -0.862. The molecule has 0 aliphatic heterocycles. The first-order valence-corrected chi connectivity index (χ1v) is 9.87. The molecule has 6 heteroatoms. The lowest BCUT2D eigenvalue weighted by Crippen LogP contribution is -2.32. The molecular weight excluding hydrogens is 390 g/mol. The molecule has 1 amide bonds. The van der Waals surface area contributed by atoms with Gasteiger partial charge in [0.25, 0.3) is 5.91 Å². The molecule has 31 heavy (non-hydrogen) atoms. The number of nitrogens with zero attached hydrogens (tertiary/aromatic N) is 2. The van der Waals surface area contributed by atoms with Crippen molar-refractivity contribution in [3.63, 3.8) is 0 Å². The van der Waals surface area contributed by atoms with Crippen molar-refractivity contribution in [2.24, 2.45) is 0 Å². The van der Waals surface area contributed by atoms with Gasteiger partial charge in [0.2, 0.25) is 6.23 Å². The van der Waals surface area contributed by atoms with Gasteiger partial charge in [-0.05, 0) is 24.6 Å². The summed E-state index contributed by atoms with van der Waals surface area (Å²) in [6, 6.07) is 20.7. The number of para-hydroxylation sites is 1. The first-order valence-electron chi connectivity index (χ1n) is 9.87. The molecule has 2 aromatic carbocycles. The van der Waals surface area contributed by atoms with Crippen LogP contribution in [0.25, 0.3) is 22.2 Å². The number of ether oxygens (including phenoxy) is 1. The molecule has 0 spiro atoms. The van der Waals surface area contributed by atoms with Gasteiger partial charge in [0.05, 0.1) is 16.8 Å². The number of carbonyl (C=O) groups is 2. The number of fused-ring (bicyclic) bond motifs is 1. The Hall–Kier alpha value is -4.06. The molecule has 6 nitrogen and oxygen atoms in total. The van der Waals surface area contributed by atoms with Gasteiger partial charge in [-0.25, -0.2) is 4.98 Å². The van der Waals surface area contributed by atoms with E-state index < -0.39 is 12.2 Å². The Bertz CT molecular complexity index is 1240. The van der Waals surface area contributed by atoms with Gasteiger partial charge in [-0.15, -0.1) is 0 Å². The Morgan fingerprint density at radius 1 is 0.968 bits per heavy atom. The average molecular weight is 411 g/mol. The summed E-state index contributed by atoms with van der Waals surface area (Å²) >= 11 is 0. The van der Waals surface area contributed by atoms with E-state index in [2.05, 4.69) is 10.3 Å². The molecule has 1 atom stereocenters. The Kier molecular flexibility index (Phi) is 5.71. The number of aromatic nitrogens is 2. The minimum Gasteiger partial charge on any atom is -0.437 e. The average Bonchev–Trinajstić information content (AvgIpc) is 2.79. The molecule has 4 rings (SSSR count). The van der Waals surface area contributed by atoms with E-state index in [1.165, 1.54) is 6.92 Å². The number of benzene rings is 2. The van der Waals surface area contributed by atoms with Crippen LogP contribution in [0.3, 0.4) is 0 Å². The third-order valence-corrected chi connectivity index (χ3v) is 4.94. The van der Waals surface area contributed by atoms with E-state index in [0.29, 0.717) is 16.6 Å². The second-order valence-electron chi connectivity index (χ2n) is 7.09. The van der Waals surface area contributed by atoms with Crippen molar-refractivity contribution < 1.29 is 14.3 Å². The number of amides is 1. The maximum atomic E-state index is 13.5. The highest BCUT2D eigenvalue weighted by Gasteiger charge is 2.23. The van der Waals surface area contributed by atoms with Crippen LogP contribution in [0.1, 0.15) is 34.6 Å². The normalized spacial score (nSPS) is 11.7. The quantitative estimate of drug-likeness (QED) is 0.384. The standard InChI is InChI=1S/C25H21N3O3/c1-16-22(24(30)28-25(31-17(2)29)19-11-8-14-26-15-19)20-12-6-7-13-21(20)27-23(16)18-9-4-3-5-10-18/h3-15,25H,1-2H3,(H,28,30). The van der Waals surface area contributed by atoms with Crippen molar-refractivity contribution in [3.05, 3.63) is 95.8 Å². The minimum atomic E-state index is -0.954. The van der Waals surface area contributed by atoms with E-state index in [1.807, 2.05) is 61.5 Å². The van der Waals surface area contributed by atoms with Crippen molar-refractivity contribution >= 4 is 22.8 Å². The lowest BCUT2D eigenvalue weighted by atomic mass is 9.97. The highest BCUT2D eigenvalue weighted by molar-refractivity contribution is 6.09. The fourth-order valence-corrected chi connectivity index (χ4v) is 3.55. The smallest absolute Gasteiger partial charge is 0.304 e. The fourth-order valence-electron chi connectivity index (χ4n) is 3.55. The molecule has 0 saturated carbocycles. The van der Waals surface area contributed by atoms with Gasteiger partial charge in [0, 0.05) is 35.8 Å². The first-order chi connectivity index (χ1) is 15.0. The van der Waals surface area contributed by atoms with Gasteiger partial charge in [0.15, 0.2) is 0 Å². The number of carbonyl (C=O) groups excluding carboxylic acids is 2. The van der Waals surface area contributed by atoms with Crippen LogP contribution in [0.4, 0.5) is 0 Å². The Morgan fingerprint density at radius 2 is 1.71 bits per heavy atom. The van der Waals surface area contributed by atoms with Crippen molar-refractivity contribution in [1.82, 2.24) is 15.3 Å². The zero-order chi connectivity index (χ0) is 21.8. The molecule has 2 heterocycles. The third-order valence-electron chi connectivity index (χ3n) is 4.94. The second-order valence-corrected chi connectivity index (χ2v) is 7.09. The van der Waals surface area contributed by atoms with Crippen molar-refractivity contribution in [3.8, 4) is 11.3 Å². The summed E-state index contributed by atoms with van der Waals surface area (Å²) in [6.45, 7) is 3.18. The van der Waals surface area contributed by atoms with E-state index >= 15 is 0 Å². The highest BCUT2D eigenvalue weighted by Crippen LogP contribution is 2.30. The predicted octanol–water partition coefficient (Wildman–Crippen LogP) is 4.60. The lowest BCUT2D eigenvalue weighted by molar-refractivity contribution is -0.147. The number of esters is 1. The van der Waals surface area contributed by atoms with Crippen LogP contribution in [-0.2, 0) is 9.53 Å². The maximum Gasteiger partial charge on any atom is 0.304 e. The molecule has 0 aliphatic rings. The molecule has 4 aromatic rings. The summed E-state index contributed by atoms with van der Waals surface area (Å²) in [4.78, 5) is 34.0. The van der Waals surface area contributed by atoms with Crippen LogP contribution < -0.4 is 5.32 Å². The molecule has 0 saturated heterocycles. The van der Waals surface area contributed by atoms with E-state index in [1.54, 1.807) is 24.5 Å². The number of pyridine rings is 2. The van der Waals surface area contributed by atoms with Crippen LogP contribution >= 0.6 is 0 Å². The number of rotatable bonds is 5. The van der Waals surface area contributed by atoms with Gasteiger partial charge < -0.3 is 10.1 Å². The SMILES string of the molecule is CC(=O)OC(NC(=O)c1c(C)c(-c2ccccc2)nc2ccccc12)c1cccnc1. The van der Waals surface area contributed by atoms with E-state index in [4.69, 9.17) is 9.72 Å². The van der Waals surface area contributed by atoms with Crippen LogP contribution in [0, 0.1) is 6.92 Å². The summed E-state index contributed by atoms with van der Waals surface area (Å²) in [5.41, 5.74) is 4.17. The Labute approximate surface area is 179 Å². The lowest BCUT2D eigenvalue weighted by Gasteiger charge is -2.20. The molecule has 2 aromatic heterocycles. The van der Waals surface area contributed by atoms with Gasteiger partial charge in [0.1, 0.15) is 0 Å². The second kappa shape index (κ2) is 8.75. The molecular formula is C25H21N3O3. The molecule has 0 aliphatic carbocycles. The topological polar surface area (TPSA) is 81.2 Å². The molecule has 0 bridgehead atoms. The monoisotopic (exact) mass is 411 g/mol. The van der Waals surface area contributed by atoms with Crippen molar-refractivity contribution in [1.29, 1.82) is 0 Å². The van der Waals surface area contributed by atoms with E-state index in [-0.39, 0.29) is 5.91 Å². The van der Waals surface area contributed by atoms with Gasteiger partial charge in [-0.3, -0.25) is 14.6 Å². The number of nitrogens with one attached hydrogen (secondary N) is 1. The maximum absolute atomic E-state index is 13.5. The highest BCUT2D eigenvalue weighted by atomic mass is 16.6. The van der Waals surface area contributed by atoms with Gasteiger partial charge >= 0.3 is 5.97 Å². The molecule has 0 radical (unpaired) electrons. The fraction of sp³-hybridized carbons (Fsp3) is 0.120. The minimum absolute atomic E-state index is 0.358. The zero-order valence-corrected chi connectivity index (χ0v) is 17.2. The van der Waals surface area contributed by atoms with E-state index in [0.717, 1.165) is 22.2 Å². The zero-order valence-electron chi connectivity index (χ0n) is 17.2. The van der Waals surface area contributed by atoms with Gasteiger partial charge in [-0.2, -0.15) is 0 Å². The summed E-state index contributed by atoms with van der Waals surface area (Å²) in [5, 5.41) is 3.57. The largest absolute Gasteiger partial charge is 0.437 e. The number of hydrogen-bond acceptors (Lipinski definition) is 5. The Morgan fingerprint density at radius 3 is 2.42 bits per heavy atom. The molecule has 0 fully saturated rings. The number of hydrogen-bond donors (Lipinski definition) is 1. The van der Waals surface area contributed by atoms with Crippen LogP contribution in [0.15, 0.2) is 79.1 Å². The Balaban J connectivity index is 1.81. The van der Waals surface area contributed by atoms with Crippen LogP contribution in [0.2, 0.25) is 0 Å². The van der Waals surface area contributed by atoms with Gasteiger partial charge in [-0.1, -0.05) is 54.6 Å². The summed E-state index contributed by atoms with van der Waals surface area (Å²) < 4.78 is 5.37. The van der Waals surface area contributed by atoms with Crippen molar-refractivity contribution in [2.45, 2.75) is 20.1 Å².